The zero-order valence-corrected chi connectivity index (χ0v) is 24.3. The molecule has 0 aliphatic carbocycles. The predicted molar refractivity (Wildman–Crippen MR) is 157 cm³/mol. The molecule has 0 aliphatic rings. The average Bonchev–Trinajstić information content (AvgIpc) is 2.98. The van der Waals surface area contributed by atoms with Gasteiger partial charge in [-0.2, -0.15) is 0 Å². The summed E-state index contributed by atoms with van der Waals surface area (Å²) in [6.45, 7) is 0.455. The average molecular weight is 570 g/mol. The second-order valence-corrected chi connectivity index (χ2v) is 13.5. The normalized spacial score (nSPS) is 12.1. The number of carbonyl (C=O) groups is 2. The van der Waals surface area contributed by atoms with Crippen molar-refractivity contribution in [2.45, 2.75) is 13.8 Å². The van der Waals surface area contributed by atoms with E-state index in [-0.39, 0.29) is 24.2 Å². The minimum Gasteiger partial charge on any atom is -0.465 e. The van der Waals surface area contributed by atoms with Crippen LogP contribution in [0.3, 0.4) is 0 Å². The van der Waals surface area contributed by atoms with Gasteiger partial charge in [0, 0.05) is 0 Å². The number of hydrogen-bond donors (Lipinski definition) is 0. The van der Waals surface area contributed by atoms with Gasteiger partial charge in [-0.15, -0.1) is 0 Å². The topological polar surface area (TPSA) is 100 Å². The van der Waals surface area contributed by atoms with Crippen LogP contribution < -0.4 is 15.9 Å². The molecule has 206 valence electrons. The molecule has 0 aliphatic heterocycles. The van der Waals surface area contributed by atoms with Gasteiger partial charge in [-0.1, -0.05) is 91.0 Å². The first-order valence-electron chi connectivity index (χ1n) is 12.4. The predicted octanol–water partition coefficient (Wildman–Crippen LogP) is 4.16. The minimum absolute atomic E-state index is 0.0139. The second-order valence-electron chi connectivity index (χ2n) is 8.10. The van der Waals surface area contributed by atoms with Crippen molar-refractivity contribution in [3.05, 3.63) is 91.0 Å². The lowest BCUT2D eigenvalue weighted by atomic mass is 10.2. The summed E-state index contributed by atoms with van der Waals surface area (Å²) in [4.78, 5) is 31.7. The van der Waals surface area contributed by atoms with Gasteiger partial charge in [-0.05, 0) is 36.6 Å². The molecule has 39 heavy (non-hydrogen) atoms. The number of ether oxygens (including phenoxy) is 2. The largest absolute Gasteiger partial charge is 0.465 e. The third-order valence-corrected chi connectivity index (χ3v) is 11.9. The van der Waals surface area contributed by atoms with Gasteiger partial charge in [0.05, 0.1) is 27.4 Å². The molecular weight excluding hydrogens is 536 g/mol. The Balaban J connectivity index is 2.61. The van der Waals surface area contributed by atoms with Crippen LogP contribution in [0.4, 0.5) is 0 Å². The monoisotopic (exact) mass is 569 g/mol. The minimum atomic E-state index is -3.72. The van der Waals surface area contributed by atoms with Crippen molar-refractivity contribution in [1.82, 2.24) is 0 Å². The fraction of sp³-hybridized carbons (Fsp3) is 0.241. The molecule has 10 heteroatoms. The number of benzene rings is 3. The molecule has 0 unspecified atom stereocenters. The molecule has 0 bridgehead atoms. The Hall–Kier alpha value is -3.28. The molecular formula is C29H33NO7P2. The molecule has 0 saturated heterocycles. The van der Waals surface area contributed by atoms with E-state index < -0.39 is 32.7 Å². The van der Waals surface area contributed by atoms with Gasteiger partial charge < -0.3 is 18.5 Å². The third kappa shape index (κ3) is 6.66. The number of nitrogens with zero attached hydrogens (tertiary/aromatic N) is 1. The van der Waals surface area contributed by atoms with Crippen molar-refractivity contribution in [3.8, 4) is 0 Å². The second kappa shape index (κ2) is 14.2. The van der Waals surface area contributed by atoms with Crippen LogP contribution in [0.25, 0.3) is 0 Å². The standard InChI is InChI=1S/C29H33NO7P2/c1-5-36-38(33,37-6-2)22-30-26(28(31)34-3)27(29(32)35-4)39(23-16-10-7-11-17-23,24-18-12-8-13-19-24)25-20-14-9-15-21-25/h7-21H,5-6,22H2,1-4H3/b30-26+. The SMILES string of the molecule is CCOP(=O)(C/N=C(/C(=O)OC)C(C(=O)OC)=P(c1ccccc1)(c1ccccc1)c1ccccc1)OCC. The van der Waals surface area contributed by atoms with Gasteiger partial charge in [0.1, 0.15) is 11.6 Å². The third-order valence-electron chi connectivity index (χ3n) is 5.80. The lowest BCUT2D eigenvalue weighted by Gasteiger charge is -2.32. The van der Waals surface area contributed by atoms with Crippen molar-refractivity contribution in [1.29, 1.82) is 0 Å². The first-order chi connectivity index (χ1) is 18.9. The van der Waals surface area contributed by atoms with E-state index >= 15 is 0 Å². The summed E-state index contributed by atoms with van der Waals surface area (Å²) < 4.78 is 34.6. The Labute approximate surface area is 229 Å². The molecule has 3 rings (SSSR count). The Bertz CT molecular complexity index is 1280. The lowest BCUT2D eigenvalue weighted by Crippen LogP contribution is -2.41. The van der Waals surface area contributed by atoms with Crippen molar-refractivity contribution in [2.75, 3.05) is 33.7 Å². The highest BCUT2D eigenvalue weighted by molar-refractivity contribution is 7.98. The molecule has 0 radical (unpaired) electrons. The fourth-order valence-electron chi connectivity index (χ4n) is 4.28. The molecule has 0 aromatic heterocycles. The molecule has 0 saturated carbocycles. The summed E-state index contributed by atoms with van der Waals surface area (Å²) in [5.41, 5.74) is -0.297. The summed E-state index contributed by atoms with van der Waals surface area (Å²) in [7, 11) is -1.27. The zero-order valence-electron chi connectivity index (χ0n) is 22.5. The zero-order chi connectivity index (χ0) is 28.3. The molecule has 0 N–H and O–H groups in total. The molecule has 0 heterocycles. The Morgan fingerprint density at radius 2 is 1.05 bits per heavy atom. The van der Waals surface area contributed by atoms with E-state index in [0.29, 0.717) is 0 Å². The van der Waals surface area contributed by atoms with E-state index in [1.54, 1.807) is 13.8 Å². The van der Waals surface area contributed by atoms with Crippen molar-refractivity contribution >= 4 is 53.3 Å². The highest BCUT2D eigenvalue weighted by Gasteiger charge is 2.39. The van der Waals surface area contributed by atoms with Crippen molar-refractivity contribution in [2.24, 2.45) is 4.99 Å². The highest BCUT2D eigenvalue weighted by atomic mass is 31.2. The van der Waals surface area contributed by atoms with Crippen LogP contribution in [0.15, 0.2) is 96.0 Å². The summed E-state index contributed by atoms with van der Waals surface area (Å²) in [5, 5.41) is 2.38. The number of aliphatic imine (C=N–C) groups is 1. The summed E-state index contributed by atoms with van der Waals surface area (Å²) in [6, 6.07) is 28.4. The Morgan fingerprint density at radius 3 is 1.38 bits per heavy atom. The Kier molecular flexibility index (Phi) is 11.0. The van der Waals surface area contributed by atoms with E-state index in [1.807, 2.05) is 91.0 Å². The number of esters is 2. The number of hydrogen-bond acceptors (Lipinski definition) is 8. The van der Waals surface area contributed by atoms with Crippen LogP contribution in [-0.2, 0) is 32.7 Å². The van der Waals surface area contributed by atoms with Crippen molar-refractivity contribution < 1.29 is 32.7 Å². The summed E-state index contributed by atoms with van der Waals surface area (Å²) in [5.74, 6) is -1.63. The molecule has 0 spiro atoms. The summed E-state index contributed by atoms with van der Waals surface area (Å²) >= 11 is 0. The number of rotatable bonds is 12. The molecule has 3 aromatic carbocycles. The first-order valence-corrected chi connectivity index (χ1v) is 15.9. The van der Waals surface area contributed by atoms with Gasteiger partial charge in [-0.3, -0.25) is 9.56 Å². The van der Waals surface area contributed by atoms with Crippen LogP contribution in [0, 0.1) is 0 Å². The van der Waals surface area contributed by atoms with Crippen LogP contribution in [0.1, 0.15) is 13.8 Å². The van der Waals surface area contributed by atoms with Gasteiger partial charge in [0.25, 0.3) is 0 Å². The van der Waals surface area contributed by atoms with E-state index in [1.165, 1.54) is 14.2 Å². The maximum atomic E-state index is 13.9. The summed E-state index contributed by atoms with van der Waals surface area (Å²) in [6.07, 6.45) is -0.488. The number of methoxy groups -OCH3 is 2. The van der Waals surface area contributed by atoms with E-state index in [9.17, 15) is 14.2 Å². The fourth-order valence-corrected chi connectivity index (χ4v) is 9.99. The van der Waals surface area contributed by atoms with Gasteiger partial charge in [0.2, 0.25) is 0 Å². The Morgan fingerprint density at radius 1 is 0.667 bits per heavy atom. The molecule has 8 nitrogen and oxygen atoms in total. The molecule has 0 atom stereocenters. The van der Waals surface area contributed by atoms with E-state index in [2.05, 4.69) is 4.99 Å². The van der Waals surface area contributed by atoms with E-state index in [4.69, 9.17) is 18.5 Å². The number of carbonyl (C=O) groups excluding carboxylic acids is 2. The quantitative estimate of drug-likeness (QED) is 0.183. The molecule has 0 fully saturated rings. The van der Waals surface area contributed by atoms with Gasteiger partial charge in [0.15, 0.2) is 5.71 Å². The smallest absolute Gasteiger partial charge is 0.357 e. The maximum absolute atomic E-state index is 13.9. The highest BCUT2D eigenvalue weighted by Crippen LogP contribution is 2.49. The van der Waals surface area contributed by atoms with Crippen LogP contribution in [0.5, 0.6) is 0 Å². The van der Waals surface area contributed by atoms with Crippen molar-refractivity contribution in [3.63, 3.8) is 0 Å². The van der Waals surface area contributed by atoms with Gasteiger partial charge in [-0.25, -0.2) is 9.59 Å². The van der Waals surface area contributed by atoms with Crippen LogP contribution in [0.2, 0.25) is 0 Å². The maximum Gasteiger partial charge on any atom is 0.357 e. The van der Waals surface area contributed by atoms with E-state index in [0.717, 1.165) is 15.9 Å². The molecule has 3 aromatic rings. The lowest BCUT2D eigenvalue weighted by molar-refractivity contribution is -0.134. The first kappa shape index (κ1) is 30.3. The van der Waals surface area contributed by atoms with Gasteiger partial charge >= 0.3 is 19.5 Å². The van der Waals surface area contributed by atoms with Crippen LogP contribution in [-0.4, -0.2) is 56.7 Å². The molecule has 0 amide bonds. The van der Waals surface area contributed by atoms with Crippen LogP contribution >= 0.6 is 14.5 Å².